The van der Waals surface area contributed by atoms with Crippen molar-refractivity contribution in [3.63, 3.8) is 0 Å². The second-order valence-corrected chi connectivity index (χ2v) is 3.14. The van der Waals surface area contributed by atoms with E-state index in [2.05, 4.69) is 5.32 Å². The Morgan fingerprint density at radius 1 is 1.54 bits per heavy atom. The van der Waals surface area contributed by atoms with Crippen LogP contribution in [0.5, 0.6) is 0 Å². The molecule has 0 spiro atoms. The summed E-state index contributed by atoms with van der Waals surface area (Å²) in [5.41, 5.74) is 1.05. The lowest BCUT2D eigenvalue weighted by atomic mass is 9.96. The van der Waals surface area contributed by atoms with E-state index in [0.717, 1.165) is 13.0 Å². The molecular formula is C10H9FN2. The average molecular weight is 176 g/mol. The Hall–Kier alpha value is -1.40. The third kappa shape index (κ3) is 1.41. The van der Waals surface area contributed by atoms with Gasteiger partial charge in [0.25, 0.3) is 0 Å². The Bertz CT molecular complexity index is 364. The fraction of sp³-hybridized carbons (Fsp3) is 0.300. The number of hydrogen-bond donors (Lipinski definition) is 1. The summed E-state index contributed by atoms with van der Waals surface area (Å²) in [6.45, 7) is 0.949. The van der Waals surface area contributed by atoms with Gasteiger partial charge in [0, 0.05) is 11.6 Å². The lowest BCUT2D eigenvalue weighted by Crippen LogP contribution is -2.35. The van der Waals surface area contributed by atoms with Crippen LogP contribution in [-0.2, 0) is 0 Å². The van der Waals surface area contributed by atoms with Crippen molar-refractivity contribution in [2.24, 2.45) is 0 Å². The van der Waals surface area contributed by atoms with Crippen molar-refractivity contribution in [3.8, 4) is 6.07 Å². The molecule has 66 valence electrons. The second kappa shape index (κ2) is 3.15. The SMILES string of the molecule is N#Cc1ccc([C@@H]2CCN2)c(F)c1. The molecule has 3 heteroatoms. The number of hydrogen-bond acceptors (Lipinski definition) is 2. The van der Waals surface area contributed by atoms with Gasteiger partial charge >= 0.3 is 0 Å². The van der Waals surface area contributed by atoms with Crippen LogP contribution in [0.3, 0.4) is 0 Å². The van der Waals surface area contributed by atoms with Gasteiger partial charge in [-0.15, -0.1) is 0 Å². The van der Waals surface area contributed by atoms with E-state index in [0.29, 0.717) is 11.1 Å². The molecule has 1 saturated heterocycles. The zero-order valence-corrected chi connectivity index (χ0v) is 7.05. The molecule has 1 aromatic carbocycles. The molecule has 0 unspecified atom stereocenters. The Morgan fingerprint density at radius 3 is 2.77 bits per heavy atom. The first-order chi connectivity index (χ1) is 6.31. The van der Waals surface area contributed by atoms with Crippen LogP contribution in [0.2, 0.25) is 0 Å². The number of nitriles is 1. The van der Waals surface area contributed by atoms with Crippen LogP contribution >= 0.6 is 0 Å². The second-order valence-electron chi connectivity index (χ2n) is 3.14. The van der Waals surface area contributed by atoms with Gasteiger partial charge in [0.2, 0.25) is 0 Å². The highest BCUT2D eigenvalue weighted by Gasteiger charge is 2.21. The zero-order chi connectivity index (χ0) is 9.26. The van der Waals surface area contributed by atoms with Crippen molar-refractivity contribution in [2.45, 2.75) is 12.5 Å². The van der Waals surface area contributed by atoms with Gasteiger partial charge < -0.3 is 5.32 Å². The Kier molecular flexibility index (Phi) is 1.99. The molecule has 2 rings (SSSR count). The molecule has 0 bridgehead atoms. The van der Waals surface area contributed by atoms with Gasteiger partial charge in [-0.05, 0) is 25.1 Å². The first-order valence-corrected chi connectivity index (χ1v) is 4.24. The van der Waals surface area contributed by atoms with Crippen molar-refractivity contribution >= 4 is 0 Å². The van der Waals surface area contributed by atoms with E-state index in [9.17, 15) is 4.39 Å². The predicted octanol–water partition coefficient (Wildman–Crippen LogP) is 1.73. The van der Waals surface area contributed by atoms with Crippen LogP contribution in [0, 0.1) is 17.1 Å². The number of halogens is 1. The van der Waals surface area contributed by atoms with Crippen molar-refractivity contribution in [2.75, 3.05) is 6.54 Å². The highest BCUT2D eigenvalue weighted by atomic mass is 19.1. The van der Waals surface area contributed by atoms with Crippen LogP contribution in [0.15, 0.2) is 18.2 Å². The van der Waals surface area contributed by atoms with Crippen LogP contribution in [-0.4, -0.2) is 6.54 Å². The number of rotatable bonds is 1. The minimum Gasteiger partial charge on any atom is -0.310 e. The normalized spacial score (nSPS) is 20.5. The molecule has 0 radical (unpaired) electrons. The minimum absolute atomic E-state index is 0.146. The molecular weight excluding hydrogens is 167 g/mol. The third-order valence-electron chi connectivity index (χ3n) is 2.33. The summed E-state index contributed by atoms with van der Waals surface area (Å²) < 4.78 is 13.3. The molecule has 1 aromatic rings. The quantitative estimate of drug-likeness (QED) is 0.707. The first-order valence-electron chi connectivity index (χ1n) is 4.24. The van der Waals surface area contributed by atoms with Crippen molar-refractivity contribution in [1.29, 1.82) is 5.26 Å². The average Bonchev–Trinajstić information content (AvgIpc) is 2.05. The number of nitrogens with zero attached hydrogens (tertiary/aromatic N) is 1. The maximum Gasteiger partial charge on any atom is 0.129 e. The number of nitrogens with one attached hydrogen (secondary N) is 1. The molecule has 1 heterocycles. The molecule has 1 fully saturated rings. The molecule has 1 aliphatic rings. The van der Waals surface area contributed by atoms with Gasteiger partial charge in [-0.1, -0.05) is 6.07 Å². The standard InChI is InChI=1S/C10H9FN2/c11-9-5-7(6-12)1-2-8(9)10-3-4-13-10/h1-2,5,10,13H,3-4H2/t10-/m0/s1. The zero-order valence-electron chi connectivity index (χ0n) is 7.05. The summed E-state index contributed by atoms with van der Waals surface area (Å²) in [6.07, 6.45) is 0.975. The summed E-state index contributed by atoms with van der Waals surface area (Å²) in [4.78, 5) is 0. The summed E-state index contributed by atoms with van der Waals surface area (Å²) >= 11 is 0. The van der Waals surface area contributed by atoms with E-state index < -0.39 is 0 Å². The molecule has 0 saturated carbocycles. The fourth-order valence-corrected chi connectivity index (χ4v) is 1.43. The largest absolute Gasteiger partial charge is 0.310 e. The van der Waals surface area contributed by atoms with Crippen LogP contribution in [0.1, 0.15) is 23.6 Å². The van der Waals surface area contributed by atoms with Crippen LogP contribution in [0.4, 0.5) is 4.39 Å². The van der Waals surface area contributed by atoms with E-state index in [-0.39, 0.29) is 11.9 Å². The molecule has 1 aliphatic heterocycles. The predicted molar refractivity (Wildman–Crippen MR) is 46.5 cm³/mol. The summed E-state index contributed by atoms with van der Waals surface area (Å²) in [7, 11) is 0. The maximum atomic E-state index is 13.3. The molecule has 0 amide bonds. The van der Waals surface area contributed by atoms with E-state index in [1.165, 1.54) is 6.07 Å². The van der Waals surface area contributed by atoms with E-state index in [1.807, 2.05) is 6.07 Å². The molecule has 1 N–H and O–H groups in total. The highest BCUT2D eigenvalue weighted by molar-refractivity contribution is 5.34. The fourth-order valence-electron chi connectivity index (χ4n) is 1.43. The lowest BCUT2D eigenvalue weighted by Gasteiger charge is -2.28. The molecule has 2 nitrogen and oxygen atoms in total. The van der Waals surface area contributed by atoms with Gasteiger partial charge in [-0.2, -0.15) is 5.26 Å². The van der Waals surface area contributed by atoms with E-state index in [4.69, 9.17) is 5.26 Å². The van der Waals surface area contributed by atoms with Crippen molar-refractivity contribution < 1.29 is 4.39 Å². The summed E-state index contributed by atoms with van der Waals surface area (Å²) in [5, 5.41) is 11.6. The van der Waals surface area contributed by atoms with Crippen molar-refractivity contribution in [3.05, 3.63) is 35.1 Å². The molecule has 0 aromatic heterocycles. The smallest absolute Gasteiger partial charge is 0.129 e. The van der Waals surface area contributed by atoms with Crippen LogP contribution < -0.4 is 5.32 Å². The maximum absolute atomic E-state index is 13.3. The van der Waals surface area contributed by atoms with Crippen LogP contribution in [0.25, 0.3) is 0 Å². The van der Waals surface area contributed by atoms with E-state index in [1.54, 1.807) is 12.1 Å². The Labute approximate surface area is 76.0 Å². The molecule has 1 atom stereocenters. The van der Waals surface area contributed by atoms with Gasteiger partial charge in [0.1, 0.15) is 5.82 Å². The topological polar surface area (TPSA) is 35.8 Å². The third-order valence-corrected chi connectivity index (χ3v) is 2.33. The molecule has 0 aliphatic carbocycles. The van der Waals surface area contributed by atoms with Gasteiger partial charge in [0.05, 0.1) is 11.6 Å². The van der Waals surface area contributed by atoms with Gasteiger partial charge in [0.15, 0.2) is 0 Å². The van der Waals surface area contributed by atoms with Crippen molar-refractivity contribution in [1.82, 2.24) is 5.32 Å². The first kappa shape index (κ1) is 8.21. The van der Waals surface area contributed by atoms with Gasteiger partial charge in [-0.3, -0.25) is 0 Å². The van der Waals surface area contributed by atoms with Gasteiger partial charge in [-0.25, -0.2) is 4.39 Å². The summed E-state index contributed by atoms with van der Waals surface area (Å²) in [6, 6.07) is 6.68. The Balaban J connectivity index is 2.32. The number of benzene rings is 1. The summed E-state index contributed by atoms with van der Waals surface area (Å²) in [5.74, 6) is -0.281. The highest BCUT2D eigenvalue weighted by Crippen LogP contribution is 2.25. The minimum atomic E-state index is -0.281. The molecule has 13 heavy (non-hydrogen) atoms. The van der Waals surface area contributed by atoms with E-state index >= 15 is 0 Å². The monoisotopic (exact) mass is 176 g/mol. The Morgan fingerprint density at radius 2 is 2.31 bits per heavy atom. The lowest BCUT2D eigenvalue weighted by molar-refractivity contribution is 0.370.